The number of aryl methyl sites for hydroxylation is 2. The summed E-state index contributed by atoms with van der Waals surface area (Å²) in [5, 5.41) is 12.3. The molecule has 1 aliphatic heterocycles. The van der Waals surface area contributed by atoms with Gasteiger partial charge in [-0.2, -0.15) is 10.2 Å². The van der Waals surface area contributed by atoms with Gasteiger partial charge in [-0.05, 0) is 44.5 Å². The third kappa shape index (κ3) is 5.05. The average Bonchev–Trinajstić information content (AvgIpc) is 3.25. The molecule has 0 saturated carbocycles. The number of ether oxygens (including phenoxy) is 2. The molecule has 188 valence electrons. The maximum absolute atomic E-state index is 13.0. The number of morpholine rings is 1. The number of nitriles is 1. The van der Waals surface area contributed by atoms with Crippen molar-refractivity contribution in [1.29, 1.82) is 5.26 Å². The van der Waals surface area contributed by atoms with E-state index >= 15 is 0 Å². The van der Waals surface area contributed by atoms with E-state index in [0.717, 1.165) is 5.56 Å². The largest absolute Gasteiger partial charge is 0.437 e. The van der Waals surface area contributed by atoms with E-state index in [1.807, 2.05) is 33.9 Å². The first-order valence-corrected chi connectivity index (χ1v) is 11.8. The van der Waals surface area contributed by atoms with Gasteiger partial charge in [0.05, 0.1) is 36.0 Å². The van der Waals surface area contributed by atoms with E-state index in [0.29, 0.717) is 58.6 Å². The second-order valence-corrected chi connectivity index (χ2v) is 9.11. The van der Waals surface area contributed by atoms with Gasteiger partial charge in [0.2, 0.25) is 5.88 Å². The molecule has 0 aliphatic carbocycles. The molecule has 4 aromatic rings. The van der Waals surface area contributed by atoms with Crippen LogP contribution in [0.2, 0.25) is 0 Å². The van der Waals surface area contributed by atoms with Gasteiger partial charge in [0.15, 0.2) is 11.4 Å². The average molecular weight is 499 g/mol. The van der Waals surface area contributed by atoms with Crippen LogP contribution >= 0.6 is 0 Å². The summed E-state index contributed by atoms with van der Waals surface area (Å²) in [4.78, 5) is 32.4. The van der Waals surface area contributed by atoms with Crippen molar-refractivity contribution in [3.05, 3.63) is 59.8 Å². The number of carbonyl (C=O) groups excluding carboxylic acids is 1. The van der Waals surface area contributed by atoms with E-state index in [1.54, 1.807) is 46.3 Å². The SMILES string of the molecule is Cc1cc(C#N)ncc1Oc1cc(Nc2ccc(C(=O)N3C[C@@H](C)O[C@H](C)C3)cn2)c2ncn(C)c2n1. The number of anilines is 2. The number of hydrogen-bond acceptors (Lipinski definition) is 9. The number of imidazole rings is 1. The number of aromatic nitrogens is 5. The summed E-state index contributed by atoms with van der Waals surface area (Å²) in [7, 11) is 1.84. The monoisotopic (exact) mass is 498 g/mol. The molecule has 5 rings (SSSR count). The van der Waals surface area contributed by atoms with Crippen molar-refractivity contribution < 1.29 is 14.3 Å². The molecule has 37 heavy (non-hydrogen) atoms. The minimum absolute atomic E-state index is 0.00525. The number of carbonyl (C=O) groups is 1. The topological polar surface area (TPSA) is 131 Å². The van der Waals surface area contributed by atoms with Gasteiger partial charge in [-0.1, -0.05) is 0 Å². The van der Waals surface area contributed by atoms with Gasteiger partial charge in [0.1, 0.15) is 23.1 Å². The van der Waals surface area contributed by atoms with Gasteiger partial charge >= 0.3 is 0 Å². The van der Waals surface area contributed by atoms with Crippen LogP contribution in [0.1, 0.15) is 35.5 Å². The zero-order valence-corrected chi connectivity index (χ0v) is 21.0. The second kappa shape index (κ2) is 9.83. The van der Waals surface area contributed by atoms with Gasteiger partial charge in [-0.3, -0.25) is 4.79 Å². The summed E-state index contributed by atoms with van der Waals surface area (Å²) in [5.74, 6) is 1.29. The fraction of sp³-hybridized carbons (Fsp3) is 0.308. The Kier molecular flexibility index (Phi) is 6.42. The molecule has 5 heterocycles. The van der Waals surface area contributed by atoms with Gasteiger partial charge in [-0.15, -0.1) is 0 Å². The molecule has 0 bridgehead atoms. The Hall–Kier alpha value is -4.56. The lowest BCUT2D eigenvalue weighted by molar-refractivity contribution is -0.0586. The van der Waals surface area contributed by atoms with Gasteiger partial charge in [0, 0.05) is 32.4 Å². The van der Waals surface area contributed by atoms with Crippen LogP contribution in [0, 0.1) is 18.3 Å². The zero-order chi connectivity index (χ0) is 26.1. The van der Waals surface area contributed by atoms with Gasteiger partial charge in [0.25, 0.3) is 5.91 Å². The first kappa shape index (κ1) is 24.1. The molecule has 1 saturated heterocycles. The normalized spacial score (nSPS) is 17.4. The molecule has 11 nitrogen and oxygen atoms in total. The van der Waals surface area contributed by atoms with E-state index in [-0.39, 0.29) is 18.1 Å². The van der Waals surface area contributed by atoms with Crippen molar-refractivity contribution in [2.45, 2.75) is 33.0 Å². The number of nitrogens with zero attached hydrogens (tertiary/aromatic N) is 7. The first-order chi connectivity index (χ1) is 17.8. The molecule has 0 unspecified atom stereocenters. The lowest BCUT2D eigenvalue weighted by Crippen LogP contribution is -2.48. The van der Waals surface area contributed by atoms with E-state index in [2.05, 4.69) is 25.3 Å². The van der Waals surface area contributed by atoms with Crippen LogP contribution in [0.5, 0.6) is 11.6 Å². The summed E-state index contributed by atoms with van der Waals surface area (Å²) >= 11 is 0. The van der Waals surface area contributed by atoms with Crippen molar-refractivity contribution in [2.75, 3.05) is 18.4 Å². The highest BCUT2D eigenvalue weighted by molar-refractivity contribution is 5.94. The van der Waals surface area contributed by atoms with Gasteiger partial charge < -0.3 is 24.3 Å². The highest BCUT2D eigenvalue weighted by atomic mass is 16.5. The summed E-state index contributed by atoms with van der Waals surface area (Å²) in [6.45, 7) is 6.87. The minimum Gasteiger partial charge on any atom is -0.437 e. The molecule has 1 N–H and O–H groups in total. The first-order valence-electron chi connectivity index (χ1n) is 11.8. The number of pyridine rings is 3. The molecule has 4 aromatic heterocycles. The molecule has 1 aliphatic rings. The number of amides is 1. The van der Waals surface area contributed by atoms with Crippen LogP contribution in [0.3, 0.4) is 0 Å². The standard InChI is InChI=1S/C26H26N8O3/c1-15-7-19(9-27)28-11-21(15)37-23-8-20(24-25(32-23)33(4)14-30-24)31-22-6-5-18(10-29-22)26(35)34-12-16(2)36-17(3)13-34/h5-8,10-11,14,16-17H,12-13H2,1-4H3,(H,29,31,32)/t16-,17-/m1/s1. The number of nitrogens with one attached hydrogen (secondary N) is 1. The van der Waals surface area contributed by atoms with E-state index in [4.69, 9.17) is 14.7 Å². The number of rotatable bonds is 5. The number of fused-ring (bicyclic) bond motifs is 1. The summed E-state index contributed by atoms with van der Waals surface area (Å²) in [6.07, 6.45) is 4.73. The summed E-state index contributed by atoms with van der Waals surface area (Å²) in [5.41, 5.74) is 3.48. The third-order valence-electron chi connectivity index (χ3n) is 6.02. The fourth-order valence-corrected chi connectivity index (χ4v) is 4.30. The van der Waals surface area contributed by atoms with Crippen LogP contribution in [0.4, 0.5) is 11.5 Å². The Balaban J connectivity index is 1.39. The molecule has 11 heteroatoms. The fourth-order valence-electron chi connectivity index (χ4n) is 4.30. The van der Waals surface area contributed by atoms with Gasteiger partial charge in [-0.25, -0.2) is 15.0 Å². The van der Waals surface area contributed by atoms with E-state index < -0.39 is 0 Å². The predicted octanol–water partition coefficient (Wildman–Crippen LogP) is 3.72. The quantitative estimate of drug-likeness (QED) is 0.437. The highest BCUT2D eigenvalue weighted by Crippen LogP contribution is 2.31. The Morgan fingerprint density at radius 3 is 2.62 bits per heavy atom. The van der Waals surface area contributed by atoms with E-state index in [9.17, 15) is 4.79 Å². The number of hydrogen-bond donors (Lipinski definition) is 1. The zero-order valence-electron chi connectivity index (χ0n) is 21.0. The second-order valence-electron chi connectivity index (χ2n) is 9.11. The van der Waals surface area contributed by atoms with Crippen LogP contribution in [-0.4, -0.2) is 60.6 Å². The minimum atomic E-state index is -0.0702. The molecule has 0 spiro atoms. The highest BCUT2D eigenvalue weighted by Gasteiger charge is 2.26. The molecule has 1 amide bonds. The Bertz CT molecular complexity index is 1500. The van der Waals surface area contributed by atoms with Crippen molar-refractivity contribution in [2.24, 2.45) is 7.05 Å². The molecular formula is C26H26N8O3. The summed E-state index contributed by atoms with van der Waals surface area (Å²) < 4.78 is 13.5. The van der Waals surface area contributed by atoms with Crippen molar-refractivity contribution in [1.82, 2.24) is 29.4 Å². The van der Waals surface area contributed by atoms with Crippen LogP contribution < -0.4 is 10.1 Å². The molecule has 0 aromatic carbocycles. The van der Waals surface area contributed by atoms with Crippen LogP contribution in [0.25, 0.3) is 11.2 Å². The summed E-state index contributed by atoms with van der Waals surface area (Å²) in [6, 6.07) is 8.91. The Labute approximate surface area is 213 Å². The lowest BCUT2D eigenvalue weighted by Gasteiger charge is -2.35. The van der Waals surface area contributed by atoms with Crippen molar-refractivity contribution in [3.63, 3.8) is 0 Å². The lowest BCUT2D eigenvalue weighted by atomic mass is 10.2. The molecule has 2 atom stereocenters. The maximum Gasteiger partial charge on any atom is 0.255 e. The Morgan fingerprint density at radius 2 is 1.95 bits per heavy atom. The maximum atomic E-state index is 13.0. The molecular weight excluding hydrogens is 472 g/mol. The Morgan fingerprint density at radius 1 is 1.16 bits per heavy atom. The molecule has 0 radical (unpaired) electrons. The van der Waals surface area contributed by atoms with Crippen molar-refractivity contribution >= 4 is 28.6 Å². The smallest absolute Gasteiger partial charge is 0.255 e. The molecule has 1 fully saturated rings. The van der Waals surface area contributed by atoms with Crippen LogP contribution in [-0.2, 0) is 11.8 Å². The predicted molar refractivity (Wildman–Crippen MR) is 136 cm³/mol. The van der Waals surface area contributed by atoms with Crippen LogP contribution in [0.15, 0.2) is 43.0 Å². The van der Waals surface area contributed by atoms with Crippen molar-refractivity contribution in [3.8, 4) is 17.7 Å². The van der Waals surface area contributed by atoms with E-state index in [1.165, 1.54) is 6.20 Å². The third-order valence-corrected chi connectivity index (χ3v) is 6.02.